The number of aromatic nitrogens is 3. The first-order valence-corrected chi connectivity index (χ1v) is 6.87. The second-order valence-electron chi connectivity index (χ2n) is 6.29. The fraction of sp³-hybridized carbons (Fsp3) is 0.571. The molecule has 3 nitrogen and oxygen atoms in total. The van der Waals surface area contributed by atoms with Crippen LogP contribution >= 0.6 is 11.6 Å². The van der Waals surface area contributed by atoms with Crippen LogP contribution in [0.1, 0.15) is 45.0 Å². The number of hydrogen-bond acceptors (Lipinski definition) is 2. The molecule has 0 atom stereocenters. The van der Waals surface area contributed by atoms with Crippen LogP contribution in [0, 0.1) is 5.92 Å². The highest BCUT2D eigenvalue weighted by atomic mass is 35.5. The molecule has 0 unspecified atom stereocenters. The first-order chi connectivity index (χ1) is 8.43. The smallest absolute Gasteiger partial charge is 0.157 e. The Labute approximate surface area is 112 Å². The van der Waals surface area contributed by atoms with Gasteiger partial charge in [0.25, 0.3) is 0 Å². The summed E-state index contributed by atoms with van der Waals surface area (Å²) in [7, 11) is 0. The number of nitrogens with zero attached hydrogens (tertiary/aromatic N) is 3. The van der Waals surface area contributed by atoms with Crippen LogP contribution in [0.15, 0.2) is 12.1 Å². The largest absolute Gasteiger partial charge is 0.211 e. The SMILES string of the molecule is CC(C)(C)c1nc2cc(CC3CC3)cc(Cl)n2n1. The van der Waals surface area contributed by atoms with Crippen molar-refractivity contribution >= 4 is 17.2 Å². The van der Waals surface area contributed by atoms with Crippen LogP contribution in [0.5, 0.6) is 0 Å². The van der Waals surface area contributed by atoms with Gasteiger partial charge in [0.2, 0.25) is 0 Å². The molecule has 1 aliphatic rings. The zero-order chi connectivity index (χ0) is 12.9. The highest BCUT2D eigenvalue weighted by Crippen LogP contribution is 2.33. The predicted octanol–water partition coefficient (Wildman–Crippen LogP) is 3.63. The van der Waals surface area contributed by atoms with E-state index in [0.717, 1.165) is 23.8 Å². The van der Waals surface area contributed by atoms with Gasteiger partial charge >= 0.3 is 0 Å². The van der Waals surface area contributed by atoms with Crippen molar-refractivity contribution in [3.05, 3.63) is 28.7 Å². The summed E-state index contributed by atoms with van der Waals surface area (Å²) in [4.78, 5) is 4.60. The van der Waals surface area contributed by atoms with E-state index >= 15 is 0 Å². The van der Waals surface area contributed by atoms with Gasteiger partial charge in [-0.05, 0) is 42.9 Å². The average molecular weight is 264 g/mol. The minimum atomic E-state index is -0.0496. The van der Waals surface area contributed by atoms with E-state index in [-0.39, 0.29) is 5.41 Å². The summed E-state index contributed by atoms with van der Waals surface area (Å²) in [6, 6.07) is 4.14. The third-order valence-electron chi connectivity index (χ3n) is 3.35. The van der Waals surface area contributed by atoms with Crippen molar-refractivity contribution in [1.82, 2.24) is 14.6 Å². The molecule has 0 spiro atoms. The maximum atomic E-state index is 6.29. The molecular weight excluding hydrogens is 246 g/mol. The zero-order valence-electron chi connectivity index (χ0n) is 11.1. The van der Waals surface area contributed by atoms with Crippen LogP contribution in [0.3, 0.4) is 0 Å². The van der Waals surface area contributed by atoms with E-state index in [2.05, 4.69) is 36.9 Å². The number of halogens is 1. The maximum Gasteiger partial charge on any atom is 0.157 e. The van der Waals surface area contributed by atoms with Gasteiger partial charge in [-0.25, -0.2) is 9.50 Å². The molecule has 0 aromatic carbocycles. The molecule has 1 saturated carbocycles. The molecule has 0 saturated heterocycles. The lowest BCUT2D eigenvalue weighted by molar-refractivity contribution is 0.545. The molecule has 1 aliphatic carbocycles. The third kappa shape index (κ3) is 2.24. The molecule has 0 N–H and O–H groups in total. The van der Waals surface area contributed by atoms with Gasteiger partial charge in [0.1, 0.15) is 5.15 Å². The van der Waals surface area contributed by atoms with Gasteiger partial charge in [0, 0.05) is 5.41 Å². The van der Waals surface area contributed by atoms with Crippen molar-refractivity contribution in [3.63, 3.8) is 0 Å². The average Bonchev–Trinajstić information content (AvgIpc) is 2.93. The van der Waals surface area contributed by atoms with E-state index in [1.165, 1.54) is 18.4 Å². The second kappa shape index (κ2) is 3.95. The molecule has 18 heavy (non-hydrogen) atoms. The molecule has 4 heteroatoms. The molecule has 96 valence electrons. The van der Waals surface area contributed by atoms with Gasteiger partial charge in [-0.15, -0.1) is 5.10 Å². The van der Waals surface area contributed by atoms with Crippen molar-refractivity contribution in [3.8, 4) is 0 Å². The van der Waals surface area contributed by atoms with Gasteiger partial charge in [-0.3, -0.25) is 0 Å². The summed E-state index contributed by atoms with van der Waals surface area (Å²) in [6.07, 6.45) is 3.82. The summed E-state index contributed by atoms with van der Waals surface area (Å²) in [5, 5.41) is 5.15. The molecule has 0 radical (unpaired) electrons. The lowest BCUT2D eigenvalue weighted by Gasteiger charge is -2.11. The summed E-state index contributed by atoms with van der Waals surface area (Å²) in [5.74, 6) is 1.70. The Balaban J connectivity index is 2.05. The predicted molar refractivity (Wildman–Crippen MR) is 73.1 cm³/mol. The Kier molecular flexibility index (Phi) is 2.63. The zero-order valence-corrected chi connectivity index (χ0v) is 11.8. The molecule has 3 rings (SSSR count). The Morgan fingerprint density at radius 3 is 2.67 bits per heavy atom. The van der Waals surface area contributed by atoms with Crippen LogP contribution in [-0.4, -0.2) is 14.6 Å². The normalized spacial score (nSPS) is 16.4. The quantitative estimate of drug-likeness (QED) is 0.775. The van der Waals surface area contributed by atoms with Crippen LogP contribution in [0.25, 0.3) is 5.65 Å². The van der Waals surface area contributed by atoms with Gasteiger partial charge < -0.3 is 0 Å². The van der Waals surface area contributed by atoms with E-state index in [9.17, 15) is 0 Å². The van der Waals surface area contributed by atoms with Crippen molar-refractivity contribution in [2.24, 2.45) is 5.92 Å². The van der Waals surface area contributed by atoms with Crippen molar-refractivity contribution in [2.45, 2.75) is 45.4 Å². The summed E-state index contributed by atoms with van der Waals surface area (Å²) < 4.78 is 1.73. The standard InChI is InChI=1S/C14H18ClN3/c1-14(2,3)13-16-12-8-10(6-9-4-5-9)7-11(15)18(12)17-13/h7-9H,4-6H2,1-3H3. The number of pyridine rings is 1. The molecule has 2 heterocycles. The number of rotatable bonds is 2. The Morgan fingerprint density at radius 2 is 2.06 bits per heavy atom. The van der Waals surface area contributed by atoms with Gasteiger partial charge in [-0.2, -0.15) is 0 Å². The van der Waals surface area contributed by atoms with E-state index in [4.69, 9.17) is 11.6 Å². The molecule has 2 aromatic rings. The molecule has 2 aromatic heterocycles. The fourth-order valence-corrected chi connectivity index (χ4v) is 2.35. The van der Waals surface area contributed by atoms with Crippen LogP contribution < -0.4 is 0 Å². The topological polar surface area (TPSA) is 30.2 Å². The number of fused-ring (bicyclic) bond motifs is 1. The van der Waals surface area contributed by atoms with Gasteiger partial charge in [0.15, 0.2) is 11.5 Å². The maximum absolute atomic E-state index is 6.29. The van der Waals surface area contributed by atoms with E-state index < -0.39 is 0 Å². The van der Waals surface area contributed by atoms with Crippen LogP contribution in [0.2, 0.25) is 5.15 Å². The minimum absolute atomic E-state index is 0.0496. The Morgan fingerprint density at radius 1 is 1.33 bits per heavy atom. The lowest BCUT2D eigenvalue weighted by atomic mass is 9.96. The first kappa shape index (κ1) is 12.0. The van der Waals surface area contributed by atoms with E-state index in [1.54, 1.807) is 4.52 Å². The van der Waals surface area contributed by atoms with Gasteiger partial charge in [0.05, 0.1) is 0 Å². The summed E-state index contributed by atoms with van der Waals surface area (Å²) >= 11 is 6.29. The molecule has 0 amide bonds. The second-order valence-corrected chi connectivity index (χ2v) is 6.68. The summed E-state index contributed by atoms with van der Waals surface area (Å²) in [5.41, 5.74) is 2.09. The van der Waals surface area contributed by atoms with E-state index in [0.29, 0.717) is 5.15 Å². The van der Waals surface area contributed by atoms with Crippen LogP contribution in [-0.2, 0) is 11.8 Å². The number of hydrogen-bond donors (Lipinski definition) is 0. The van der Waals surface area contributed by atoms with Crippen molar-refractivity contribution in [2.75, 3.05) is 0 Å². The fourth-order valence-electron chi connectivity index (χ4n) is 2.09. The highest BCUT2D eigenvalue weighted by molar-refractivity contribution is 6.29. The van der Waals surface area contributed by atoms with Crippen molar-refractivity contribution in [1.29, 1.82) is 0 Å². The van der Waals surface area contributed by atoms with Crippen molar-refractivity contribution < 1.29 is 0 Å². The minimum Gasteiger partial charge on any atom is -0.211 e. The Hall–Kier alpha value is -1.09. The summed E-state index contributed by atoms with van der Waals surface area (Å²) in [6.45, 7) is 6.34. The third-order valence-corrected chi connectivity index (χ3v) is 3.61. The first-order valence-electron chi connectivity index (χ1n) is 6.49. The Bertz CT molecular complexity index is 591. The lowest BCUT2D eigenvalue weighted by Crippen LogP contribution is -2.13. The molecule has 0 aliphatic heterocycles. The molecule has 1 fully saturated rings. The van der Waals surface area contributed by atoms with Crippen LogP contribution in [0.4, 0.5) is 0 Å². The monoisotopic (exact) mass is 263 g/mol. The van der Waals surface area contributed by atoms with Gasteiger partial charge in [-0.1, -0.05) is 32.4 Å². The molecule has 0 bridgehead atoms. The molecular formula is C14H18ClN3. The highest BCUT2D eigenvalue weighted by Gasteiger charge is 2.23. The van der Waals surface area contributed by atoms with E-state index in [1.807, 2.05) is 6.07 Å².